The first-order chi connectivity index (χ1) is 13.7. The van der Waals surface area contributed by atoms with E-state index in [0.29, 0.717) is 0 Å². The molecule has 3 N–H and O–H groups in total. The van der Waals surface area contributed by atoms with Crippen LogP contribution in [0.5, 0.6) is 0 Å². The van der Waals surface area contributed by atoms with Gasteiger partial charge < -0.3 is 10.5 Å². The van der Waals surface area contributed by atoms with Crippen molar-refractivity contribution in [3.63, 3.8) is 0 Å². The van der Waals surface area contributed by atoms with Crippen molar-refractivity contribution in [2.24, 2.45) is 5.73 Å². The zero-order chi connectivity index (χ0) is 21.7. The number of amidine groups is 1. The number of nitrogens with zero attached hydrogens (tertiary/aromatic N) is 3. The van der Waals surface area contributed by atoms with Crippen molar-refractivity contribution < 1.29 is 19.4 Å². The van der Waals surface area contributed by atoms with Crippen LogP contribution < -0.4 is 5.73 Å². The molecule has 1 heterocycles. The second-order valence-electron chi connectivity index (χ2n) is 5.68. The SMILES string of the molecule is CCOC(=O)c1c(CSC(=N)N)nc(C)c([N+](=O)[O-])c1-c1cccc([N+](=O)[O-])c1. The summed E-state index contributed by atoms with van der Waals surface area (Å²) < 4.78 is 5.06. The maximum absolute atomic E-state index is 12.7. The highest BCUT2D eigenvalue weighted by molar-refractivity contribution is 8.13. The summed E-state index contributed by atoms with van der Waals surface area (Å²) >= 11 is 0.882. The smallest absolute Gasteiger partial charge is 0.340 e. The van der Waals surface area contributed by atoms with E-state index in [0.717, 1.165) is 17.8 Å². The molecule has 0 aliphatic rings. The van der Waals surface area contributed by atoms with E-state index >= 15 is 0 Å². The zero-order valence-corrected chi connectivity index (χ0v) is 16.3. The van der Waals surface area contributed by atoms with Crippen molar-refractivity contribution >= 4 is 34.3 Å². The average Bonchev–Trinajstić information content (AvgIpc) is 2.65. The first-order valence-corrected chi connectivity index (χ1v) is 9.22. The molecule has 0 saturated heterocycles. The summed E-state index contributed by atoms with van der Waals surface area (Å²) in [6.45, 7) is 2.98. The molecular weight excluding hydrogens is 402 g/mol. The van der Waals surface area contributed by atoms with Gasteiger partial charge in [0.25, 0.3) is 11.4 Å². The number of ether oxygens (including phenoxy) is 1. The van der Waals surface area contributed by atoms with Crippen LogP contribution >= 0.6 is 11.8 Å². The predicted octanol–water partition coefficient (Wildman–Crippen LogP) is 3.18. The quantitative estimate of drug-likeness (QED) is 0.224. The van der Waals surface area contributed by atoms with Gasteiger partial charge in [0.1, 0.15) is 5.69 Å². The molecule has 2 aromatic rings. The number of carbonyl (C=O) groups excluding carboxylic acids is 1. The molecule has 0 aliphatic heterocycles. The highest BCUT2D eigenvalue weighted by Crippen LogP contribution is 2.39. The maximum Gasteiger partial charge on any atom is 0.340 e. The number of pyridine rings is 1. The van der Waals surface area contributed by atoms with Gasteiger partial charge in [-0.2, -0.15) is 0 Å². The minimum Gasteiger partial charge on any atom is -0.462 e. The molecule has 0 aliphatic carbocycles. The number of nitrogens with one attached hydrogen (secondary N) is 1. The molecule has 1 aromatic carbocycles. The molecule has 0 spiro atoms. The van der Waals surface area contributed by atoms with Crippen LogP contribution in [-0.4, -0.2) is 32.6 Å². The second kappa shape index (κ2) is 9.10. The number of thioether (sulfide) groups is 1. The summed E-state index contributed by atoms with van der Waals surface area (Å²) in [6.07, 6.45) is 0. The third-order valence-electron chi connectivity index (χ3n) is 3.79. The Morgan fingerprint density at radius 1 is 1.31 bits per heavy atom. The fraction of sp³-hybridized carbons (Fsp3) is 0.235. The number of aromatic nitrogens is 1. The third kappa shape index (κ3) is 4.85. The summed E-state index contributed by atoms with van der Waals surface area (Å²) in [6, 6.07) is 5.18. The normalized spacial score (nSPS) is 10.4. The third-order valence-corrected chi connectivity index (χ3v) is 4.52. The lowest BCUT2D eigenvalue weighted by molar-refractivity contribution is -0.385. The summed E-state index contributed by atoms with van der Waals surface area (Å²) in [5, 5.41) is 30.1. The van der Waals surface area contributed by atoms with Gasteiger partial charge in [0.15, 0.2) is 5.17 Å². The van der Waals surface area contributed by atoms with E-state index in [1.165, 1.54) is 25.1 Å². The molecule has 0 atom stereocenters. The first-order valence-electron chi connectivity index (χ1n) is 8.24. The van der Waals surface area contributed by atoms with Crippen molar-refractivity contribution in [1.82, 2.24) is 4.98 Å². The van der Waals surface area contributed by atoms with Crippen molar-refractivity contribution in [2.45, 2.75) is 19.6 Å². The number of nitro benzene ring substituents is 1. The number of nitro groups is 2. The highest BCUT2D eigenvalue weighted by atomic mass is 32.2. The van der Waals surface area contributed by atoms with Gasteiger partial charge in [0.2, 0.25) is 0 Å². The molecule has 0 unspecified atom stereocenters. The molecule has 152 valence electrons. The van der Waals surface area contributed by atoms with Gasteiger partial charge in [-0.05, 0) is 19.4 Å². The minimum atomic E-state index is -0.858. The Morgan fingerprint density at radius 3 is 2.55 bits per heavy atom. The Labute approximate surface area is 169 Å². The fourth-order valence-corrected chi connectivity index (χ4v) is 3.21. The lowest BCUT2D eigenvalue weighted by Gasteiger charge is -2.15. The van der Waals surface area contributed by atoms with E-state index in [2.05, 4.69) is 4.98 Å². The topological polar surface area (TPSA) is 175 Å². The lowest BCUT2D eigenvalue weighted by atomic mass is 9.95. The van der Waals surface area contributed by atoms with Gasteiger partial charge in [-0.3, -0.25) is 25.6 Å². The molecule has 0 fully saturated rings. The number of esters is 1. The van der Waals surface area contributed by atoms with Crippen LogP contribution in [0, 0.1) is 32.6 Å². The Kier molecular flexibility index (Phi) is 6.83. The van der Waals surface area contributed by atoms with E-state index in [1.807, 2.05) is 0 Å². The molecular formula is C17H17N5O6S. The van der Waals surface area contributed by atoms with Crippen molar-refractivity contribution in [3.05, 3.63) is 61.4 Å². The molecule has 0 bridgehead atoms. The van der Waals surface area contributed by atoms with Crippen molar-refractivity contribution in [2.75, 3.05) is 6.61 Å². The second-order valence-corrected chi connectivity index (χ2v) is 6.70. The van der Waals surface area contributed by atoms with Gasteiger partial charge in [-0.1, -0.05) is 23.9 Å². The van der Waals surface area contributed by atoms with Crippen LogP contribution in [0.1, 0.15) is 28.7 Å². The summed E-state index contributed by atoms with van der Waals surface area (Å²) in [5.74, 6) is -0.867. The molecule has 12 heteroatoms. The zero-order valence-electron chi connectivity index (χ0n) is 15.5. The van der Waals surface area contributed by atoms with Crippen LogP contribution in [-0.2, 0) is 10.5 Å². The number of nitrogens with two attached hydrogens (primary N) is 1. The fourth-order valence-electron chi connectivity index (χ4n) is 2.71. The van der Waals surface area contributed by atoms with Crippen LogP contribution in [0.15, 0.2) is 24.3 Å². The molecule has 29 heavy (non-hydrogen) atoms. The number of benzene rings is 1. The predicted molar refractivity (Wildman–Crippen MR) is 107 cm³/mol. The number of hydrogen-bond donors (Lipinski definition) is 2. The van der Waals surface area contributed by atoms with Crippen LogP contribution in [0.4, 0.5) is 11.4 Å². The van der Waals surface area contributed by atoms with Crippen LogP contribution in [0.25, 0.3) is 11.1 Å². The maximum atomic E-state index is 12.7. The number of hydrogen-bond acceptors (Lipinski definition) is 9. The Hall–Kier alpha value is -3.54. The van der Waals surface area contributed by atoms with Crippen LogP contribution in [0.2, 0.25) is 0 Å². The van der Waals surface area contributed by atoms with E-state index in [4.69, 9.17) is 15.9 Å². The average molecular weight is 419 g/mol. The summed E-state index contributed by atoms with van der Waals surface area (Å²) in [5.41, 5.74) is 4.57. The van der Waals surface area contributed by atoms with Crippen LogP contribution in [0.3, 0.4) is 0 Å². The van der Waals surface area contributed by atoms with Gasteiger partial charge in [-0.15, -0.1) is 0 Å². The van der Waals surface area contributed by atoms with Gasteiger partial charge in [0.05, 0.1) is 33.3 Å². The Bertz CT molecular complexity index is 1010. The van der Waals surface area contributed by atoms with Gasteiger partial charge in [0, 0.05) is 17.9 Å². The number of non-ortho nitro benzene ring substituents is 1. The molecule has 0 amide bonds. The van der Waals surface area contributed by atoms with E-state index in [9.17, 15) is 25.0 Å². The first kappa shape index (κ1) is 21.8. The molecule has 0 saturated carbocycles. The number of rotatable bonds is 7. The molecule has 2 rings (SSSR count). The van der Waals surface area contributed by atoms with E-state index in [1.54, 1.807) is 6.92 Å². The van der Waals surface area contributed by atoms with E-state index < -0.39 is 21.5 Å². The number of aryl methyl sites for hydroxylation is 1. The minimum absolute atomic E-state index is 0.00811. The van der Waals surface area contributed by atoms with Gasteiger partial charge >= 0.3 is 5.97 Å². The summed E-state index contributed by atoms with van der Waals surface area (Å²) in [7, 11) is 0. The monoisotopic (exact) mass is 419 g/mol. The van der Waals surface area contributed by atoms with Gasteiger partial charge in [-0.25, -0.2) is 9.78 Å². The number of carbonyl (C=O) groups is 1. The van der Waals surface area contributed by atoms with Crippen molar-refractivity contribution in [1.29, 1.82) is 5.41 Å². The van der Waals surface area contributed by atoms with E-state index in [-0.39, 0.29) is 51.3 Å². The Morgan fingerprint density at radius 2 is 2.00 bits per heavy atom. The molecule has 0 radical (unpaired) electrons. The largest absolute Gasteiger partial charge is 0.462 e. The lowest BCUT2D eigenvalue weighted by Crippen LogP contribution is -2.15. The summed E-state index contributed by atoms with van der Waals surface area (Å²) in [4.78, 5) is 38.5. The van der Waals surface area contributed by atoms with Crippen molar-refractivity contribution in [3.8, 4) is 11.1 Å². The molecule has 11 nitrogen and oxygen atoms in total. The molecule has 1 aromatic heterocycles. The standard InChI is InChI=1S/C17H17N5O6S/c1-3-28-16(23)14-12(8-29-17(18)19)20-9(2)15(22(26)27)13(14)10-5-4-6-11(7-10)21(24)25/h4-7H,3,8H2,1-2H3,(H3,18,19). The highest BCUT2D eigenvalue weighted by Gasteiger charge is 2.31. The Balaban J connectivity index is 2.90.